The van der Waals surface area contributed by atoms with Gasteiger partial charge in [0.05, 0.1) is 10.9 Å². The second kappa shape index (κ2) is 6.72. The van der Waals surface area contributed by atoms with Crippen LogP contribution < -0.4 is 10.9 Å². The molecule has 1 aliphatic rings. The summed E-state index contributed by atoms with van der Waals surface area (Å²) in [5.74, 6) is 0.567. The minimum Gasteiger partial charge on any atom is -0.356 e. The molecule has 1 saturated heterocycles. The smallest absolute Gasteiger partial charge is 0.260 e. The lowest BCUT2D eigenvalue weighted by Crippen LogP contribution is -2.31. The van der Waals surface area contributed by atoms with Gasteiger partial charge < -0.3 is 10.2 Å². The highest BCUT2D eigenvalue weighted by atomic mass is 16.1. The molecule has 112 valence electrons. The van der Waals surface area contributed by atoms with Crippen LogP contribution in [0.15, 0.2) is 29.1 Å². The fourth-order valence-electron chi connectivity index (χ4n) is 2.86. The van der Waals surface area contributed by atoms with Gasteiger partial charge in [0.15, 0.2) is 0 Å². The number of aromatic nitrogens is 2. The monoisotopic (exact) mass is 286 g/mol. The Kier molecular flexibility index (Phi) is 4.50. The van der Waals surface area contributed by atoms with E-state index in [2.05, 4.69) is 20.2 Å². The number of nitrogens with zero attached hydrogens (tertiary/aromatic N) is 2. The van der Waals surface area contributed by atoms with Crippen LogP contribution in [0.3, 0.4) is 0 Å². The number of aromatic amines is 1. The van der Waals surface area contributed by atoms with Crippen LogP contribution in [-0.2, 0) is 0 Å². The van der Waals surface area contributed by atoms with E-state index in [-0.39, 0.29) is 5.56 Å². The van der Waals surface area contributed by atoms with E-state index in [0.29, 0.717) is 11.3 Å². The number of likely N-dealkylation sites (tertiary alicyclic amines) is 1. The molecule has 5 heteroatoms. The van der Waals surface area contributed by atoms with Gasteiger partial charge in [-0.2, -0.15) is 0 Å². The summed E-state index contributed by atoms with van der Waals surface area (Å²) in [6.45, 7) is 4.40. The summed E-state index contributed by atoms with van der Waals surface area (Å²) >= 11 is 0. The van der Waals surface area contributed by atoms with Crippen LogP contribution in [0.25, 0.3) is 10.9 Å². The number of fused-ring (bicyclic) bond motifs is 1. The highest BCUT2D eigenvalue weighted by molar-refractivity contribution is 5.78. The lowest BCUT2D eigenvalue weighted by Gasteiger charge is -2.26. The molecule has 2 N–H and O–H groups in total. The molecule has 0 atom stereocenters. The van der Waals surface area contributed by atoms with Gasteiger partial charge >= 0.3 is 0 Å². The Bertz CT molecular complexity index is 646. The van der Waals surface area contributed by atoms with E-state index in [0.717, 1.165) is 25.0 Å². The Morgan fingerprint density at radius 1 is 1.19 bits per heavy atom. The number of benzene rings is 1. The first-order chi connectivity index (χ1) is 10.3. The Morgan fingerprint density at radius 3 is 2.86 bits per heavy atom. The van der Waals surface area contributed by atoms with Gasteiger partial charge in [0, 0.05) is 6.54 Å². The molecule has 3 rings (SSSR count). The maximum Gasteiger partial charge on any atom is 0.260 e. The molecule has 1 aromatic carbocycles. The first-order valence-corrected chi connectivity index (χ1v) is 7.78. The first kappa shape index (κ1) is 14.1. The molecule has 0 spiro atoms. The Labute approximate surface area is 124 Å². The number of piperidine rings is 1. The number of para-hydroxylation sites is 1. The second-order valence-electron chi connectivity index (χ2n) is 5.61. The van der Waals surface area contributed by atoms with Crippen molar-refractivity contribution >= 4 is 16.9 Å². The van der Waals surface area contributed by atoms with E-state index in [1.807, 2.05) is 18.2 Å². The number of hydrogen-bond acceptors (Lipinski definition) is 4. The van der Waals surface area contributed by atoms with Crippen LogP contribution in [-0.4, -0.2) is 41.0 Å². The van der Waals surface area contributed by atoms with Crippen LogP contribution in [0.4, 0.5) is 5.95 Å². The average molecular weight is 286 g/mol. The van der Waals surface area contributed by atoms with E-state index in [9.17, 15) is 4.79 Å². The van der Waals surface area contributed by atoms with Crippen LogP contribution in [0.5, 0.6) is 0 Å². The molecule has 0 aliphatic carbocycles. The van der Waals surface area contributed by atoms with Crippen molar-refractivity contribution in [1.82, 2.24) is 14.9 Å². The highest BCUT2D eigenvalue weighted by Crippen LogP contribution is 2.09. The van der Waals surface area contributed by atoms with Gasteiger partial charge in [-0.3, -0.25) is 9.78 Å². The molecule has 1 aliphatic heterocycles. The average Bonchev–Trinajstić information content (AvgIpc) is 2.53. The number of hydrogen-bond donors (Lipinski definition) is 2. The first-order valence-electron chi connectivity index (χ1n) is 7.78. The predicted molar refractivity (Wildman–Crippen MR) is 85.8 cm³/mol. The standard InChI is InChI=1S/C16H22N4O/c21-15-13-7-2-3-8-14(13)18-16(19-15)17-9-6-12-20-10-4-1-5-11-20/h2-3,7-8H,1,4-6,9-12H2,(H2,17,18,19,21). The van der Waals surface area contributed by atoms with E-state index in [1.165, 1.54) is 32.4 Å². The summed E-state index contributed by atoms with van der Waals surface area (Å²) in [5, 5.41) is 3.86. The molecular weight excluding hydrogens is 264 g/mol. The van der Waals surface area contributed by atoms with Gasteiger partial charge in [0.2, 0.25) is 5.95 Å². The summed E-state index contributed by atoms with van der Waals surface area (Å²) < 4.78 is 0. The Balaban J connectivity index is 1.54. The van der Waals surface area contributed by atoms with Crippen LogP contribution in [0, 0.1) is 0 Å². The molecule has 5 nitrogen and oxygen atoms in total. The van der Waals surface area contributed by atoms with Gasteiger partial charge in [0.1, 0.15) is 0 Å². The lowest BCUT2D eigenvalue weighted by atomic mass is 10.1. The van der Waals surface area contributed by atoms with Crippen molar-refractivity contribution in [2.45, 2.75) is 25.7 Å². The molecule has 1 aromatic heterocycles. The van der Waals surface area contributed by atoms with Crippen molar-refractivity contribution in [3.63, 3.8) is 0 Å². The summed E-state index contributed by atoms with van der Waals surface area (Å²) in [6, 6.07) is 7.41. The van der Waals surface area contributed by atoms with E-state index in [4.69, 9.17) is 0 Å². The summed E-state index contributed by atoms with van der Waals surface area (Å²) in [5.41, 5.74) is 0.652. The lowest BCUT2D eigenvalue weighted by molar-refractivity contribution is 0.228. The minimum absolute atomic E-state index is 0.0841. The zero-order valence-electron chi connectivity index (χ0n) is 12.3. The molecule has 0 unspecified atom stereocenters. The minimum atomic E-state index is -0.0841. The molecule has 2 heterocycles. The maximum absolute atomic E-state index is 11.9. The fourth-order valence-corrected chi connectivity index (χ4v) is 2.86. The van der Waals surface area contributed by atoms with Crippen molar-refractivity contribution in [1.29, 1.82) is 0 Å². The largest absolute Gasteiger partial charge is 0.356 e. The topological polar surface area (TPSA) is 61.0 Å². The zero-order chi connectivity index (χ0) is 14.5. The van der Waals surface area contributed by atoms with Crippen molar-refractivity contribution in [2.24, 2.45) is 0 Å². The maximum atomic E-state index is 11.9. The molecular formula is C16H22N4O. The molecule has 0 amide bonds. The fraction of sp³-hybridized carbons (Fsp3) is 0.500. The third-order valence-electron chi connectivity index (χ3n) is 4.01. The van der Waals surface area contributed by atoms with Crippen LogP contribution in [0.1, 0.15) is 25.7 Å². The van der Waals surface area contributed by atoms with Crippen LogP contribution in [0.2, 0.25) is 0 Å². The summed E-state index contributed by atoms with van der Waals surface area (Å²) in [4.78, 5) is 21.7. The SMILES string of the molecule is O=c1[nH]c(NCCCN2CCCCC2)nc2ccccc12. The van der Waals surface area contributed by atoms with Gasteiger partial charge in [-0.25, -0.2) is 4.98 Å². The van der Waals surface area contributed by atoms with Gasteiger partial charge in [0.25, 0.3) is 5.56 Å². The molecule has 21 heavy (non-hydrogen) atoms. The van der Waals surface area contributed by atoms with Crippen molar-refractivity contribution < 1.29 is 0 Å². The van der Waals surface area contributed by atoms with Crippen molar-refractivity contribution in [2.75, 3.05) is 31.5 Å². The number of H-pyrrole nitrogens is 1. The quantitative estimate of drug-likeness (QED) is 0.827. The molecule has 0 radical (unpaired) electrons. The van der Waals surface area contributed by atoms with E-state index in [1.54, 1.807) is 6.07 Å². The van der Waals surface area contributed by atoms with Crippen molar-refractivity contribution in [3.05, 3.63) is 34.6 Å². The Hall–Kier alpha value is -1.88. The third kappa shape index (κ3) is 3.61. The van der Waals surface area contributed by atoms with Crippen LogP contribution >= 0.6 is 0 Å². The van der Waals surface area contributed by atoms with Crippen molar-refractivity contribution in [3.8, 4) is 0 Å². The molecule has 2 aromatic rings. The second-order valence-corrected chi connectivity index (χ2v) is 5.61. The zero-order valence-corrected chi connectivity index (χ0v) is 12.3. The number of nitrogens with one attached hydrogen (secondary N) is 2. The van der Waals surface area contributed by atoms with Gasteiger partial charge in [-0.15, -0.1) is 0 Å². The number of rotatable bonds is 5. The summed E-state index contributed by atoms with van der Waals surface area (Å²) in [7, 11) is 0. The molecule has 0 bridgehead atoms. The predicted octanol–water partition coefficient (Wildman–Crippen LogP) is 2.21. The van der Waals surface area contributed by atoms with E-state index < -0.39 is 0 Å². The molecule has 0 saturated carbocycles. The normalized spacial score (nSPS) is 16.2. The van der Waals surface area contributed by atoms with E-state index >= 15 is 0 Å². The molecule has 1 fully saturated rings. The summed E-state index contributed by atoms with van der Waals surface area (Å²) in [6.07, 6.45) is 5.09. The number of anilines is 1. The Morgan fingerprint density at radius 2 is 2.00 bits per heavy atom. The highest BCUT2D eigenvalue weighted by Gasteiger charge is 2.09. The van der Waals surface area contributed by atoms with Gasteiger partial charge in [-0.05, 0) is 51.0 Å². The van der Waals surface area contributed by atoms with Gasteiger partial charge in [-0.1, -0.05) is 18.6 Å². The third-order valence-corrected chi connectivity index (χ3v) is 4.01.